The summed E-state index contributed by atoms with van der Waals surface area (Å²) in [7, 11) is -11.0. The van der Waals surface area contributed by atoms with E-state index in [-0.39, 0.29) is 12.0 Å². The van der Waals surface area contributed by atoms with Crippen LogP contribution in [0.4, 0.5) is 0 Å². The third-order valence-corrected chi connectivity index (χ3v) is 26.7. The van der Waals surface area contributed by atoms with Crippen molar-refractivity contribution in [3.8, 4) is 0 Å². The molecule has 0 aliphatic rings. The molecule has 0 saturated carbocycles. The molecule has 0 spiro atoms. The number of carbonyl (C=O) groups excluding carboxylic acids is 1. The number of hydrogen-bond donors (Lipinski definition) is 1. The molecule has 1 amide bonds. The van der Waals surface area contributed by atoms with Crippen LogP contribution in [0.5, 0.6) is 0 Å². The first-order chi connectivity index (χ1) is 17.9. The van der Waals surface area contributed by atoms with Gasteiger partial charge in [0.25, 0.3) is 0 Å². The van der Waals surface area contributed by atoms with Gasteiger partial charge in [-0.15, -0.1) is 0 Å². The summed E-state index contributed by atoms with van der Waals surface area (Å²) >= 11 is 0. The minimum Gasteiger partial charge on any atom is -0.437 e. The summed E-state index contributed by atoms with van der Waals surface area (Å²) in [5.41, 5.74) is 0. The van der Waals surface area contributed by atoms with E-state index in [1.165, 1.54) is 0 Å². The van der Waals surface area contributed by atoms with Gasteiger partial charge in [-0.1, -0.05) is 19.8 Å². The lowest BCUT2D eigenvalue weighted by Gasteiger charge is -2.44. The maximum absolute atomic E-state index is 13.2. The van der Waals surface area contributed by atoms with E-state index in [0.29, 0.717) is 19.4 Å². The molecule has 0 aromatic rings. The van der Waals surface area contributed by atoms with Crippen LogP contribution in [-0.2, 0) is 30.1 Å². The second-order valence-electron chi connectivity index (χ2n) is 14.2. The van der Waals surface area contributed by atoms with E-state index in [9.17, 15) is 4.79 Å². The van der Waals surface area contributed by atoms with Gasteiger partial charge in [-0.2, -0.15) is 0 Å². The van der Waals surface area contributed by atoms with Gasteiger partial charge in [0.2, 0.25) is 5.91 Å². The smallest absolute Gasteiger partial charge is 0.344 e. The van der Waals surface area contributed by atoms with Crippen LogP contribution in [0, 0.1) is 0 Å². The van der Waals surface area contributed by atoms with Crippen molar-refractivity contribution in [2.75, 3.05) is 40.0 Å². The molecule has 0 bridgehead atoms. The van der Waals surface area contributed by atoms with Crippen LogP contribution in [0.2, 0.25) is 84.6 Å². The Bertz CT molecular complexity index is 750. The molecule has 2 atom stereocenters. The van der Waals surface area contributed by atoms with Gasteiger partial charge in [0.1, 0.15) is 0 Å². The summed E-state index contributed by atoms with van der Waals surface area (Å²) in [5.74, 6) is -0.0548. The molecule has 0 radical (unpaired) electrons. The van der Waals surface area contributed by atoms with Crippen molar-refractivity contribution in [3.63, 3.8) is 0 Å². The van der Waals surface area contributed by atoms with Gasteiger partial charge in [-0.25, -0.2) is 0 Å². The average molecular weight is 673 g/mol. The Hall–Kier alpha value is 0.491. The number of rotatable bonds is 22. The monoisotopic (exact) mass is 672 g/mol. The Morgan fingerprint density at radius 2 is 1.18 bits per heavy atom. The largest absolute Gasteiger partial charge is 0.437 e. The highest BCUT2D eigenvalue weighted by Gasteiger charge is 2.52. The van der Waals surface area contributed by atoms with Crippen LogP contribution in [0.15, 0.2) is 0 Å². The number of unbranched alkanes of at least 4 members (excludes halogenated alkanes) is 2. The van der Waals surface area contributed by atoms with Crippen molar-refractivity contribution in [2.24, 2.45) is 0 Å². The van der Waals surface area contributed by atoms with Gasteiger partial charge < -0.3 is 35.5 Å². The van der Waals surface area contributed by atoms with Crippen LogP contribution < -0.4 is 5.32 Å². The predicted octanol–water partition coefficient (Wildman–Crippen LogP) is 6.10. The lowest BCUT2D eigenvalue weighted by Crippen LogP contribution is -2.64. The Balaban J connectivity index is 6.12. The van der Waals surface area contributed by atoms with Crippen LogP contribution in [-0.4, -0.2) is 102 Å². The highest BCUT2D eigenvalue weighted by Crippen LogP contribution is 2.30. The van der Waals surface area contributed by atoms with Gasteiger partial charge in [-0.05, 0) is 112 Å². The topological polar surface area (TPSA) is 87.7 Å². The van der Waals surface area contributed by atoms with Crippen molar-refractivity contribution in [3.05, 3.63) is 0 Å². The standard InChI is InChI=1S/C25H64N2O7Si6/c1-16-17-18-22-29-24-40(15,33-38(12,13)31-36(7,8)9)34-39(14,32-37(10,11)30-35(4,5)6)23-25(28)26-20-19-21-27(2)3/h16-24H2,1-15H3,(H,26,28). The molecule has 0 aromatic carbocycles. The van der Waals surface area contributed by atoms with E-state index < -0.39 is 50.9 Å². The Morgan fingerprint density at radius 3 is 1.62 bits per heavy atom. The molecule has 9 nitrogen and oxygen atoms in total. The van der Waals surface area contributed by atoms with Crippen molar-refractivity contribution < 1.29 is 30.1 Å². The van der Waals surface area contributed by atoms with E-state index >= 15 is 0 Å². The maximum Gasteiger partial charge on any atom is 0.344 e. The molecule has 15 heteroatoms. The highest BCUT2D eigenvalue weighted by atomic mass is 28.5. The molecule has 0 aliphatic carbocycles. The van der Waals surface area contributed by atoms with E-state index in [1.807, 2.05) is 27.2 Å². The van der Waals surface area contributed by atoms with Gasteiger partial charge in [-0.3, -0.25) is 4.79 Å². The molecule has 0 aliphatic heterocycles. The quantitative estimate of drug-likeness (QED) is 0.109. The average Bonchev–Trinajstić information content (AvgIpc) is 2.65. The van der Waals surface area contributed by atoms with E-state index in [2.05, 4.69) is 82.6 Å². The molecule has 0 heterocycles. The molecular weight excluding hydrogens is 609 g/mol. The lowest BCUT2D eigenvalue weighted by atomic mass is 10.3. The third kappa shape index (κ3) is 21.2. The van der Waals surface area contributed by atoms with Crippen LogP contribution in [0.1, 0.15) is 32.6 Å². The first kappa shape index (κ1) is 40.5. The van der Waals surface area contributed by atoms with Crippen LogP contribution in [0.25, 0.3) is 0 Å². The number of hydrogen-bond acceptors (Lipinski definition) is 8. The summed E-state index contributed by atoms with van der Waals surface area (Å²) in [6, 6.07) is 0.180. The fourth-order valence-electron chi connectivity index (χ4n) is 4.87. The minimum atomic E-state index is -3.13. The van der Waals surface area contributed by atoms with E-state index in [4.69, 9.17) is 25.3 Å². The number of carbonyl (C=O) groups is 1. The number of amides is 1. The van der Waals surface area contributed by atoms with Crippen molar-refractivity contribution >= 4 is 56.8 Å². The molecule has 0 rings (SSSR count). The van der Waals surface area contributed by atoms with Crippen molar-refractivity contribution in [1.29, 1.82) is 0 Å². The van der Waals surface area contributed by atoms with Gasteiger partial charge in [0.05, 0.1) is 12.3 Å². The van der Waals surface area contributed by atoms with Gasteiger partial charge in [0.15, 0.2) is 16.6 Å². The fraction of sp³-hybridized carbons (Fsp3) is 0.960. The van der Waals surface area contributed by atoms with Crippen molar-refractivity contribution in [2.45, 2.75) is 117 Å². The van der Waals surface area contributed by atoms with E-state index in [0.717, 1.165) is 32.2 Å². The Morgan fingerprint density at radius 1 is 0.675 bits per heavy atom. The number of nitrogens with one attached hydrogen (secondary N) is 1. The summed E-state index contributed by atoms with van der Waals surface area (Å²) in [6.07, 6.45) is 4.50. The first-order valence-electron chi connectivity index (χ1n) is 14.9. The van der Waals surface area contributed by atoms with Gasteiger partial charge in [0, 0.05) is 13.2 Å². The van der Waals surface area contributed by atoms with Crippen LogP contribution in [0.3, 0.4) is 0 Å². The predicted molar refractivity (Wildman–Crippen MR) is 182 cm³/mol. The van der Waals surface area contributed by atoms with Crippen LogP contribution >= 0.6 is 0 Å². The zero-order valence-corrected chi connectivity index (χ0v) is 34.7. The summed E-state index contributed by atoms with van der Waals surface area (Å²) in [5, 5.41) is 3.08. The zero-order chi connectivity index (χ0) is 31.5. The molecule has 0 fully saturated rings. The Labute approximate surface area is 253 Å². The van der Waals surface area contributed by atoms with Crippen molar-refractivity contribution in [1.82, 2.24) is 10.2 Å². The summed E-state index contributed by atoms with van der Waals surface area (Å²) in [6.45, 7) is 29.7. The molecule has 1 N–H and O–H groups in total. The highest BCUT2D eigenvalue weighted by molar-refractivity contribution is 6.92. The normalized spacial score (nSPS) is 16.6. The lowest BCUT2D eigenvalue weighted by molar-refractivity contribution is -0.119. The molecule has 0 saturated heterocycles. The second-order valence-corrected chi connectivity index (χ2v) is 37.6. The minimum absolute atomic E-state index is 0.0548. The fourth-order valence-corrected chi connectivity index (χ4v) is 33.1. The molecule has 2 unspecified atom stereocenters. The third-order valence-electron chi connectivity index (χ3n) is 5.30. The summed E-state index contributed by atoms with van der Waals surface area (Å²) < 4.78 is 40.0. The maximum atomic E-state index is 13.2. The molecular formula is C25H64N2O7Si6. The summed E-state index contributed by atoms with van der Waals surface area (Å²) in [4.78, 5) is 15.3. The molecule has 0 aromatic heterocycles. The Kier molecular flexibility index (Phi) is 17.3. The molecule has 240 valence electrons. The molecule has 40 heavy (non-hydrogen) atoms. The number of nitrogens with zero attached hydrogens (tertiary/aromatic N) is 1. The SMILES string of the molecule is CCCCCOC[Si](C)(O[Si](C)(C)O[Si](C)(C)C)O[Si](C)(CC(=O)NCCCN(C)C)O[Si](C)(C)O[Si](C)(C)C. The van der Waals surface area contributed by atoms with Gasteiger partial charge >= 0.3 is 34.2 Å². The number of ether oxygens (including phenoxy) is 1. The first-order valence-corrected chi connectivity index (χ1v) is 32.4. The second kappa shape index (κ2) is 17.1. The van der Waals surface area contributed by atoms with E-state index in [1.54, 1.807) is 0 Å². The zero-order valence-electron chi connectivity index (χ0n) is 28.7.